The molecule has 0 fully saturated rings. The smallest absolute Gasteiger partial charge is 0.337 e. The lowest BCUT2D eigenvalue weighted by molar-refractivity contribution is -0.145. The number of nitrogens with zero attached hydrogens (tertiary/aromatic N) is 2. The molecule has 1 rings (SSSR count). The fraction of sp³-hybridized carbons (Fsp3) is 0.333. The molecule has 0 spiro atoms. The number of ether oxygens (including phenoxy) is 1. The number of benzene rings is 1. The van der Waals surface area contributed by atoms with E-state index in [-0.39, 0.29) is 0 Å². The summed E-state index contributed by atoms with van der Waals surface area (Å²) >= 11 is 0. The van der Waals surface area contributed by atoms with Crippen molar-refractivity contribution in [2.75, 3.05) is 20.2 Å². The molecule has 0 aliphatic carbocycles. The van der Waals surface area contributed by atoms with Gasteiger partial charge in [-0.2, -0.15) is 5.10 Å². The van der Waals surface area contributed by atoms with E-state index >= 15 is 0 Å². The second-order valence-corrected chi connectivity index (χ2v) is 4.29. The second kappa shape index (κ2) is 8.56. The Kier molecular flexibility index (Phi) is 6.75. The summed E-state index contributed by atoms with van der Waals surface area (Å²) < 4.78 is 4.59. The topological polar surface area (TPSA) is 88.1 Å². The Hall–Kier alpha value is -2.70. The zero-order valence-electron chi connectivity index (χ0n) is 12.8. The summed E-state index contributed by atoms with van der Waals surface area (Å²) in [6, 6.07) is 6.45. The highest BCUT2D eigenvalue weighted by Gasteiger charge is 2.18. The number of hydrogen-bond donors (Lipinski definition) is 1. The zero-order chi connectivity index (χ0) is 16.5. The minimum Gasteiger partial charge on any atom is -0.465 e. The van der Waals surface area contributed by atoms with Gasteiger partial charge in [0.1, 0.15) is 0 Å². The van der Waals surface area contributed by atoms with E-state index in [0.717, 1.165) is 0 Å². The molecule has 0 aliphatic heterocycles. The molecule has 0 atom stereocenters. The summed E-state index contributed by atoms with van der Waals surface area (Å²) in [6.07, 6.45) is 1.38. The lowest BCUT2D eigenvalue weighted by Gasteiger charge is -2.16. The molecule has 0 saturated heterocycles. The van der Waals surface area contributed by atoms with Crippen LogP contribution in [0.15, 0.2) is 29.4 Å². The van der Waals surface area contributed by atoms with E-state index in [9.17, 15) is 14.4 Å². The van der Waals surface area contributed by atoms with Gasteiger partial charge in [-0.3, -0.25) is 9.59 Å². The van der Waals surface area contributed by atoms with Gasteiger partial charge in [0.05, 0.1) is 18.9 Å². The number of likely N-dealkylation sites (N-methyl/N-ethyl adjacent to an activating group) is 1. The fourth-order valence-electron chi connectivity index (χ4n) is 1.69. The van der Waals surface area contributed by atoms with Gasteiger partial charge < -0.3 is 9.64 Å². The molecule has 1 aromatic rings. The van der Waals surface area contributed by atoms with Gasteiger partial charge in [0.15, 0.2) is 0 Å². The highest BCUT2D eigenvalue weighted by molar-refractivity contribution is 6.34. The summed E-state index contributed by atoms with van der Waals surface area (Å²) in [5, 5.41) is 3.72. The molecule has 0 heterocycles. The fourth-order valence-corrected chi connectivity index (χ4v) is 1.69. The van der Waals surface area contributed by atoms with Gasteiger partial charge in [0.2, 0.25) is 0 Å². The molecule has 0 unspecified atom stereocenters. The number of hydrogen-bond acceptors (Lipinski definition) is 5. The lowest BCUT2D eigenvalue weighted by Crippen LogP contribution is -2.41. The van der Waals surface area contributed by atoms with E-state index < -0.39 is 17.8 Å². The highest BCUT2D eigenvalue weighted by atomic mass is 16.5. The van der Waals surface area contributed by atoms with Crippen LogP contribution in [-0.4, -0.2) is 49.1 Å². The van der Waals surface area contributed by atoms with Gasteiger partial charge in [-0.05, 0) is 31.5 Å². The molecule has 2 amide bonds. The van der Waals surface area contributed by atoms with Crippen molar-refractivity contribution in [2.24, 2.45) is 5.10 Å². The van der Waals surface area contributed by atoms with Crippen molar-refractivity contribution in [1.29, 1.82) is 0 Å². The molecular weight excluding hydrogens is 286 g/mol. The maximum atomic E-state index is 11.7. The van der Waals surface area contributed by atoms with Crippen LogP contribution < -0.4 is 5.43 Å². The standard InChI is InChI=1S/C15H19N3O4/c1-4-18(5-2)14(20)13(19)17-16-10-11-6-8-12(9-7-11)15(21)22-3/h6-10H,4-5H2,1-3H3,(H,17,19). The Labute approximate surface area is 128 Å². The Bertz CT molecular complexity index is 563. The van der Waals surface area contributed by atoms with Crippen molar-refractivity contribution in [2.45, 2.75) is 13.8 Å². The molecule has 0 bridgehead atoms. The van der Waals surface area contributed by atoms with Gasteiger partial charge in [-0.25, -0.2) is 10.2 Å². The van der Waals surface area contributed by atoms with Crippen molar-refractivity contribution in [3.8, 4) is 0 Å². The second-order valence-electron chi connectivity index (χ2n) is 4.29. The Balaban J connectivity index is 2.60. The number of amides is 2. The number of esters is 1. The number of hydrazone groups is 1. The first-order valence-corrected chi connectivity index (χ1v) is 6.84. The summed E-state index contributed by atoms with van der Waals surface area (Å²) in [6.45, 7) is 4.50. The van der Waals surface area contributed by atoms with Crippen LogP contribution in [0.1, 0.15) is 29.8 Å². The number of carbonyl (C=O) groups is 3. The van der Waals surface area contributed by atoms with Crippen LogP contribution in [-0.2, 0) is 14.3 Å². The molecule has 7 nitrogen and oxygen atoms in total. The zero-order valence-corrected chi connectivity index (χ0v) is 12.8. The number of nitrogens with one attached hydrogen (secondary N) is 1. The van der Waals surface area contributed by atoms with Gasteiger partial charge >= 0.3 is 17.8 Å². The molecule has 1 N–H and O–H groups in total. The Morgan fingerprint density at radius 1 is 1.18 bits per heavy atom. The van der Waals surface area contributed by atoms with Crippen molar-refractivity contribution in [1.82, 2.24) is 10.3 Å². The SMILES string of the molecule is CCN(CC)C(=O)C(=O)NN=Cc1ccc(C(=O)OC)cc1. The minimum absolute atomic E-state index is 0.417. The first-order chi connectivity index (χ1) is 10.5. The average Bonchev–Trinajstić information content (AvgIpc) is 2.55. The van der Waals surface area contributed by atoms with E-state index in [1.54, 1.807) is 38.1 Å². The molecule has 1 aromatic carbocycles. The van der Waals surface area contributed by atoms with Crippen LogP contribution in [0.4, 0.5) is 0 Å². The van der Waals surface area contributed by atoms with E-state index in [2.05, 4.69) is 15.3 Å². The van der Waals surface area contributed by atoms with Gasteiger partial charge in [-0.1, -0.05) is 12.1 Å². The molecule has 22 heavy (non-hydrogen) atoms. The third kappa shape index (κ3) is 4.69. The lowest BCUT2D eigenvalue weighted by atomic mass is 10.1. The quantitative estimate of drug-likeness (QED) is 0.377. The summed E-state index contributed by atoms with van der Waals surface area (Å²) in [7, 11) is 1.31. The minimum atomic E-state index is -0.786. The molecule has 0 aromatic heterocycles. The predicted octanol–water partition coefficient (Wildman–Crippen LogP) is 0.792. The van der Waals surface area contributed by atoms with E-state index in [1.165, 1.54) is 18.2 Å². The van der Waals surface area contributed by atoms with Gasteiger partial charge in [0, 0.05) is 13.1 Å². The summed E-state index contributed by atoms with van der Waals surface area (Å²) in [4.78, 5) is 36.0. The first kappa shape index (κ1) is 17.4. The summed E-state index contributed by atoms with van der Waals surface area (Å²) in [5.41, 5.74) is 3.26. The number of rotatable bonds is 5. The van der Waals surface area contributed by atoms with Crippen molar-refractivity contribution < 1.29 is 19.1 Å². The van der Waals surface area contributed by atoms with Gasteiger partial charge in [0.25, 0.3) is 0 Å². The van der Waals surface area contributed by atoms with E-state index in [4.69, 9.17) is 0 Å². The molecule has 0 aliphatic rings. The van der Waals surface area contributed by atoms with Crippen LogP contribution in [0.2, 0.25) is 0 Å². The number of methoxy groups -OCH3 is 1. The van der Waals surface area contributed by atoms with Crippen molar-refractivity contribution >= 4 is 24.0 Å². The number of carbonyl (C=O) groups excluding carboxylic acids is 3. The summed E-state index contributed by atoms with van der Waals surface area (Å²) in [5.74, 6) is -1.84. The van der Waals surface area contributed by atoms with Crippen molar-refractivity contribution in [3.05, 3.63) is 35.4 Å². The average molecular weight is 305 g/mol. The third-order valence-electron chi connectivity index (χ3n) is 2.96. The normalized spacial score (nSPS) is 10.3. The predicted molar refractivity (Wildman–Crippen MR) is 81.4 cm³/mol. The Morgan fingerprint density at radius 3 is 2.27 bits per heavy atom. The van der Waals surface area contributed by atoms with E-state index in [0.29, 0.717) is 24.2 Å². The third-order valence-corrected chi connectivity index (χ3v) is 2.96. The molecular formula is C15H19N3O4. The van der Waals surface area contributed by atoms with Crippen LogP contribution in [0, 0.1) is 0 Å². The first-order valence-electron chi connectivity index (χ1n) is 6.84. The Morgan fingerprint density at radius 2 is 1.77 bits per heavy atom. The maximum Gasteiger partial charge on any atom is 0.337 e. The van der Waals surface area contributed by atoms with Gasteiger partial charge in [-0.15, -0.1) is 0 Å². The monoisotopic (exact) mass is 305 g/mol. The molecule has 118 valence electrons. The highest BCUT2D eigenvalue weighted by Crippen LogP contribution is 2.03. The largest absolute Gasteiger partial charge is 0.465 e. The van der Waals surface area contributed by atoms with Crippen molar-refractivity contribution in [3.63, 3.8) is 0 Å². The molecule has 0 radical (unpaired) electrons. The van der Waals surface area contributed by atoms with E-state index in [1.807, 2.05) is 0 Å². The van der Waals surface area contributed by atoms with Crippen LogP contribution in [0.25, 0.3) is 0 Å². The maximum absolute atomic E-state index is 11.7. The molecule has 0 saturated carbocycles. The van der Waals surface area contributed by atoms with Crippen LogP contribution in [0.3, 0.4) is 0 Å². The molecule has 7 heteroatoms. The van der Waals surface area contributed by atoms with Crippen LogP contribution in [0.5, 0.6) is 0 Å². The van der Waals surface area contributed by atoms with Crippen LogP contribution >= 0.6 is 0 Å².